The molecule has 0 atom stereocenters. The Bertz CT molecular complexity index is 804. The summed E-state index contributed by atoms with van der Waals surface area (Å²) < 4.78 is 4.88. The molecule has 0 spiro atoms. The second-order valence-electron chi connectivity index (χ2n) is 4.97. The summed E-state index contributed by atoms with van der Waals surface area (Å²) in [6.07, 6.45) is 0. The van der Waals surface area contributed by atoms with Crippen LogP contribution in [0.15, 0.2) is 42.5 Å². The number of carbonyl (C=O) groups is 2. The number of amides is 1. The van der Waals surface area contributed by atoms with Crippen molar-refractivity contribution >= 4 is 28.9 Å². The number of nitrogen functional groups attached to an aromatic ring is 1. The first-order valence-electron chi connectivity index (χ1n) is 6.95. The van der Waals surface area contributed by atoms with Crippen molar-refractivity contribution in [3.05, 3.63) is 63.7 Å². The molecule has 0 radical (unpaired) electrons. The van der Waals surface area contributed by atoms with Crippen molar-refractivity contribution in [3.63, 3.8) is 0 Å². The molecular formula is C16H15N3O5. The van der Waals surface area contributed by atoms with Crippen LogP contribution in [0.25, 0.3) is 0 Å². The number of nitro groups is 1. The van der Waals surface area contributed by atoms with E-state index in [1.54, 1.807) is 25.1 Å². The fourth-order valence-electron chi connectivity index (χ4n) is 1.97. The number of nitrogens with zero attached hydrogens (tertiary/aromatic N) is 1. The van der Waals surface area contributed by atoms with Gasteiger partial charge in [-0.1, -0.05) is 18.2 Å². The Balaban J connectivity index is 1.97. The van der Waals surface area contributed by atoms with Gasteiger partial charge in [-0.25, -0.2) is 4.79 Å². The molecule has 0 saturated heterocycles. The minimum absolute atomic E-state index is 0.109. The molecule has 0 unspecified atom stereocenters. The van der Waals surface area contributed by atoms with Crippen molar-refractivity contribution in [1.29, 1.82) is 0 Å². The first-order chi connectivity index (χ1) is 11.4. The van der Waals surface area contributed by atoms with Gasteiger partial charge in [0.15, 0.2) is 6.61 Å². The summed E-state index contributed by atoms with van der Waals surface area (Å²) in [5.74, 6) is -1.34. The average molecular weight is 329 g/mol. The van der Waals surface area contributed by atoms with Crippen LogP contribution in [0, 0.1) is 17.0 Å². The number of aryl methyl sites for hydroxylation is 1. The Labute approximate surface area is 137 Å². The molecule has 0 fully saturated rings. The van der Waals surface area contributed by atoms with E-state index in [0.29, 0.717) is 5.56 Å². The highest BCUT2D eigenvalue weighted by atomic mass is 16.6. The highest BCUT2D eigenvalue weighted by Crippen LogP contribution is 2.22. The molecule has 2 aromatic rings. The molecule has 2 aromatic carbocycles. The first-order valence-corrected chi connectivity index (χ1v) is 6.95. The fraction of sp³-hybridized carbons (Fsp3) is 0.125. The first kappa shape index (κ1) is 16.9. The number of anilines is 2. The second-order valence-corrected chi connectivity index (χ2v) is 4.97. The van der Waals surface area contributed by atoms with E-state index >= 15 is 0 Å². The maximum atomic E-state index is 11.8. The second kappa shape index (κ2) is 7.23. The Kier molecular flexibility index (Phi) is 5.10. The molecular weight excluding hydrogens is 314 g/mol. The highest BCUT2D eigenvalue weighted by molar-refractivity contribution is 5.98. The minimum Gasteiger partial charge on any atom is -0.452 e. The van der Waals surface area contributed by atoms with Crippen molar-refractivity contribution < 1.29 is 19.2 Å². The van der Waals surface area contributed by atoms with Gasteiger partial charge in [-0.3, -0.25) is 14.9 Å². The quantitative estimate of drug-likeness (QED) is 0.375. The predicted molar refractivity (Wildman–Crippen MR) is 87.6 cm³/mol. The van der Waals surface area contributed by atoms with E-state index in [9.17, 15) is 19.7 Å². The number of nitrogens with two attached hydrogens (primary N) is 1. The Morgan fingerprint density at radius 2 is 1.96 bits per heavy atom. The molecule has 0 aliphatic rings. The van der Waals surface area contributed by atoms with Crippen LogP contribution in [-0.2, 0) is 9.53 Å². The van der Waals surface area contributed by atoms with Gasteiger partial charge < -0.3 is 15.8 Å². The van der Waals surface area contributed by atoms with E-state index in [4.69, 9.17) is 10.5 Å². The van der Waals surface area contributed by atoms with Crippen molar-refractivity contribution in [2.45, 2.75) is 6.92 Å². The topological polar surface area (TPSA) is 125 Å². The standard InChI is InChI=1S/C16H15N3O5/c1-10-6-7-11(8-14(10)19(22)23)18-15(20)9-24-16(21)12-4-2-3-5-13(12)17/h2-8H,9,17H2,1H3,(H,18,20). The summed E-state index contributed by atoms with van der Waals surface area (Å²) in [5.41, 5.74) is 6.67. The van der Waals surface area contributed by atoms with Crippen LogP contribution in [0.5, 0.6) is 0 Å². The van der Waals surface area contributed by atoms with Gasteiger partial charge in [-0.2, -0.15) is 0 Å². The number of nitrogens with one attached hydrogen (secondary N) is 1. The molecule has 8 nitrogen and oxygen atoms in total. The molecule has 0 aliphatic carbocycles. The summed E-state index contributed by atoms with van der Waals surface area (Å²) in [6, 6.07) is 10.6. The molecule has 124 valence electrons. The number of ether oxygens (including phenoxy) is 1. The lowest BCUT2D eigenvalue weighted by Crippen LogP contribution is -2.21. The number of carbonyl (C=O) groups excluding carboxylic acids is 2. The van der Waals surface area contributed by atoms with E-state index in [-0.39, 0.29) is 22.6 Å². The van der Waals surface area contributed by atoms with Gasteiger partial charge in [0.2, 0.25) is 0 Å². The zero-order valence-electron chi connectivity index (χ0n) is 12.8. The van der Waals surface area contributed by atoms with Gasteiger partial charge in [0, 0.05) is 23.0 Å². The van der Waals surface area contributed by atoms with E-state index in [1.165, 1.54) is 24.3 Å². The van der Waals surface area contributed by atoms with Gasteiger partial charge in [0.1, 0.15) is 0 Å². The average Bonchev–Trinajstić information content (AvgIpc) is 2.54. The maximum absolute atomic E-state index is 11.8. The van der Waals surface area contributed by atoms with Crippen LogP contribution in [0.2, 0.25) is 0 Å². The number of hydrogen-bond donors (Lipinski definition) is 2. The molecule has 0 aromatic heterocycles. The Hall–Kier alpha value is -3.42. The number of nitro benzene ring substituents is 1. The molecule has 3 N–H and O–H groups in total. The zero-order chi connectivity index (χ0) is 17.7. The highest BCUT2D eigenvalue weighted by Gasteiger charge is 2.15. The summed E-state index contributed by atoms with van der Waals surface area (Å²) in [7, 11) is 0. The molecule has 0 aliphatic heterocycles. The lowest BCUT2D eigenvalue weighted by Gasteiger charge is -2.08. The van der Waals surface area contributed by atoms with Gasteiger partial charge in [-0.15, -0.1) is 0 Å². The molecule has 1 amide bonds. The number of hydrogen-bond acceptors (Lipinski definition) is 6. The van der Waals surface area contributed by atoms with Crippen molar-refractivity contribution in [3.8, 4) is 0 Å². The van der Waals surface area contributed by atoms with E-state index in [2.05, 4.69) is 5.32 Å². The minimum atomic E-state index is -0.724. The predicted octanol–water partition coefficient (Wildman–Crippen LogP) is 2.28. The Morgan fingerprint density at radius 3 is 2.62 bits per heavy atom. The molecule has 8 heteroatoms. The lowest BCUT2D eigenvalue weighted by molar-refractivity contribution is -0.385. The summed E-state index contributed by atoms with van der Waals surface area (Å²) in [6.45, 7) is 1.06. The van der Waals surface area contributed by atoms with E-state index in [1.807, 2.05) is 0 Å². The Morgan fingerprint density at radius 1 is 1.25 bits per heavy atom. The number of rotatable bonds is 5. The van der Waals surface area contributed by atoms with Crippen LogP contribution in [0.1, 0.15) is 15.9 Å². The third-order valence-electron chi connectivity index (χ3n) is 3.20. The number of para-hydroxylation sites is 1. The maximum Gasteiger partial charge on any atom is 0.340 e. The third-order valence-corrected chi connectivity index (χ3v) is 3.20. The largest absolute Gasteiger partial charge is 0.452 e. The molecule has 0 saturated carbocycles. The smallest absolute Gasteiger partial charge is 0.340 e. The van der Waals surface area contributed by atoms with Crippen molar-refractivity contribution in [2.75, 3.05) is 17.7 Å². The summed E-state index contributed by atoms with van der Waals surface area (Å²) in [4.78, 5) is 34.0. The molecule has 2 rings (SSSR count). The van der Waals surface area contributed by atoms with E-state index in [0.717, 1.165) is 0 Å². The van der Waals surface area contributed by atoms with Crippen molar-refractivity contribution in [1.82, 2.24) is 0 Å². The normalized spacial score (nSPS) is 10.0. The lowest BCUT2D eigenvalue weighted by atomic mass is 10.2. The summed E-state index contributed by atoms with van der Waals surface area (Å²) in [5, 5.41) is 13.3. The summed E-state index contributed by atoms with van der Waals surface area (Å²) >= 11 is 0. The number of esters is 1. The van der Waals surface area contributed by atoms with Crippen LogP contribution >= 0.6 is 0 Å². The SMILES string of the molecule is Cc1ccc(NC(=O)COC(=O)c2ccccc2N)cc1[N+](=O)[O-]. The fourth-order valence-corrected chi connectivity index (χ4v) is 1.97. The van der Waals surface area contributed by atoms with Crippen LogP contribution in [-0.4, -0.2) is 23.4 Å². The van der Waals surface area contributed by atoms with Gasteiger partial charge in [-0.05, 0) is 25.1 Å². The molecule has 0 bridgehead atoms. The number of benzene rings is 2. The van der Waals surface area contributed by atoms with Gasteiger partial charge in [0.05, 0.1) is 10.5 Å². The van der Waals surface area contributed by atoms with Gasteiger partial charge in [0.25, 0.3) is 11.6 Å². The zero-order valence-corrected chi connectivity index (χ0v) is 12.8. The van der Waals surface area contributed by atoms with Crippen LogP contribution in [0.4, 0.5) is 17.1 Å². The van der Waals surface area contributed by atoms with Crippen LogP contribution < -0.4 is 11.1 Å². The molecule has 0 heterocycles. The van der Waals surface area contributed by atoms with Crippen molar-refractivity contribution in [2.24, 2.45) is 0 Å². The van der Waals surface area contributed by atoms with Gasteiger partial charge >= 0.3 is 5.97 Å². The van der Waals surface area contributed by atoms with Crippen LogP contribution in [0.3, 0.4) is 0 Å². The monoisotopic (exact) mass is 329 g/mol. The molecule has 24 heavy (non-hydrogen) atoms. The third kappa shape index (κ3) is 4.07. The van der Waals surface area contributed by atoms with E-state index < -0.39 is 23.4 Å².